The molecule has 0 bridgehead atoms. The third kappa shape index (κ3) is 1.88. The first-order chi connectivity index (χ1) is 6.77. The summed E-state index contributed by atoms with van der Waals surface area (Å²) in [5.41, 5.74) is 4.19. The lowest BCUT2D eigenvalue weighted by atomic mass is 10.1. The van der Waals surface area contributed by atoms with E-state index in [4.69, 9.17) is 0 Å². The number of fused-ring (bicyclic) bond motifs is 1. The molecular formula is C13H17N. The van der Waals surface area contributed by atoms with Gasteiger partial charge in [0.1, 0.15) is 0 Å². The summed E-state index contributed by atoms with van der Waals surface area (Å²) >= 11 is 0. The van der Waals surface area contributed by atoms with Gasteiger partial charge in [-0.2, -0.15) is 0 Å². The summed E-state index contributed by atoms with van der Waals surface area (Å²) in [7, 11) is 0. The van der Waals surface area contributed by atoms with Gasteiger partial charge >= 0.3 is 0 Å². The predicted molar refractivity (Wildman–Crippen MR) is 60.3 cm³/mol. The molecule has 74 valence electrons. The first-order valence-electron chi connectivity index (χ1n) is 5.23. The van der Waals surface area contributed by atoms with Gasteiger partial charge < -0.3 is 5.32 Å². The van der Waals surface area contributed by atoms with Crippen LogP contribution < -0.4 is 5.32 Å². The molecule has 1 atom stereocenters. The number of hydrogen-bond donors (Lipinski definition) is 1. The molecule has 0 heterocycles. The Morgan fingerprint density at radius 3 is 3.07 bits per heavy atom. The molecule has 0 amide bonds. The number of rotatable bonds is 3. The van der Waals surface area contributed by atoms with Crippen LogP contribution in [0.4, 0.5) is 0 Å². The molecule has 1 aliphatic rings. The lowest BCUT2D eigenvalue weighted by Gasteiger charge is -2.13. The quantitative estimate of drug-likeness (QED) is 0.717. The van der Waals surface area contributed by atoms with Crippen LogP contribution >= 0.6 is 0 Å². The van der Waals surface area contributed by atoms with Gasteiger partial charge in [-0.15, -0.1) is 0 Å². The fourth-order valence-corrected chi connectivity index (χ4v) is 2.07. The summed E-state index contributed by atoms with van der Waals surface area (Å²) in [5, 5.41) is 3.54. The number of aryl methyl sites for hydroxylation is 1. The Labute approximate surface area is 85.8 Å². The molecule has 0 saturated heterocycles. The second-order valence-electron chi connectivity index (χ2n) is 4.13. The normalized spacial score (nSPS) is 19.4. The second kappa shape index (κ2) is 3.97. The lowest BCUT2D eigenvalue weighted by Crippen LogP contribution is -2.20. The summed E-state index contributed by atoms with van der Waals surface area (Å²) in [5.74, 6) is 0. The maximum absolute atomic E-state index is 3.91. The van der Waals surface area contributed by atoms with Crippen LogP contribution in [0.2, 0.25) is 0 Å². The number of nitrogens with one attached hydrogen (secondary N) is 1. The summed E-state index contributed by atoms with van der Waals surface area (Å²) < 4.78 is 0. The Morgan fingerprint density at radius 2 is 2.29 bits per heavy atom. The smallest absolute Gasteiger partial charge is 0.0329 e. The minimum Gasteiger partial charge on any atom is -0.306 e. The van der Waals surface area contributed by atoms with E-state index in [-0.39, 0.29) is 0 Å². The molecular weight excluding hydrogens is 170 g/mol. The van der Waals surface area contributed by atoms with Crippen LogP contribution in [0.15, 0.2) is 36.4 Å². The molecule has 0 aliphatic heterocycles. The van der Waals surface area contributed by atoms with Crippen LogP contribution in [0.5, 0.6) is 0 Å². The molecule has 0 aromatic heterocycles. The maximum Gasteiger partial charge on any atom is 0.0329 e. The zero-order valence-electron chi connectivity index (χ0n) is 8.72. The molecule has 1 nitrogen and oxygen atoms in total. The van der Waals surface area contributed by atoms with E-state index < -0.39 is 0 Å². The van der Waals surface area contributed by atoms with Crippen molar-refractivity contribution >= 4 is 0 Å². The van der Waals surface area contributed by atoms with Crippen molar-refractivity contribution in [2.24, 2.45) is 0 Å². The molecule has 0 saturated carbocycles. The van der Waals surface area contributed by atoms with Crippen molar-refractivity contribution < 1.29 is 0 Å². The van der Waals surface area contributed by atoms with Gasteiger partial charge in [-0.3, -0.25) is 0 Å². The highest BCUT2D eigenvalue weighted by atomic mass is 14.9. The van der Waals surface area contributed by atoms with Gasteiger partial charge in [0.25, 0.3) is 0 Å². The summed E-state index contributed by atoms with van der Waals surface area (Å²) in [6.07, 6.45) is 2.44. The van der Waals surface area contributed by atoms with Crippen molar-refractivity contribution in [1.29, 1.82) is 0 Å². The Kier molecular flexibility index (Phi) is 2.69. The summed E-state index contributed by atoms with van der Waals surface area (Å²) in [6, 6.07) is 9.26. The van der Waals surface area contributed by atoms with E-state index >= 15 is 0 Å². The predicted octanol–water partition coefficient (Wildman–Crippen LogP) is 2.84. The molecule has 0 spiro atoms. The monoisotopic (exact) mass is 187 g/mol. The van der Waals surface area contributed by atoms with E-state index in [0.717, 1.165) is 6.54 Å². The SMILES string of the molecule is C=C(C)CNC1CCc2ccccc21. The Bertz CT molecular complexity index is 341. The van der Waals surface area contributed by atoms with E-state index in [2.05, 4.69) is 43.1 Å². The summed E-state index contributed by atoms with van der Waals surface area (Å²) in [6.45, 7) is 6.90. The fourth-order valence-electron chi connectivity index (χ4n) is 2.07. The van der Waals surface area contributed by atoms with E-state index in [1.54, 1.807) is 0 Å². The van der Waals surface area contributed by atoms with Crippen molar-refractivity contribution in [3.63, 3.8) is 0 Å². The highest BCUT2D eigenvalue weighted by molar-refractivity contribution is 5.34. The highest BCUT2D eigenvalue weighted by Crippen LogP contribution is 2.30. The van der Waals surface area contributed by atoms with E-state index in [1.165, 1.54) is 29.5 Å². The van der Waals surface area contributed by atoms with Crippen LogP contribution in [0.25, 0.3) is 0 Å². The van der Waals surface area contributed by atoms with Crippen LogP contribution in [0.1, 0.15) is 30.5 Å². The Morgan fingerprint density at radius 1 is 1.50 bits per heavy atom. The fraction of sp³-hybridized carbons (Fsp3) is 0.385. The molecule has 0 radical (unpaired) electrons. The summed E-state index contributed by atoms with van der Waals surface area (Å²) in [4.78, 5) is 0. The average molecular weight is 187 g/mol. The van der Waals surface area contributed by atoms with Gasteiger partial charge in [0.15, 0.2) is 0 Å². The zero-order chi connectivity index (χ0) is 9.97. The van der Waals surface area contributed by atoms with Crippen LogP contribution in [-0.4, -0.2) is 6.54 Å². The third-order valence-electron chi connectivity index (χ3n) is 2.78. The molecule has 1 N–H and O–H groups in total. The van der Waals surface area contributed by atoms with Gasteiger partial charge in [-0.1, -0.05) is 36.4 Å². The lowest BCUT2D eigenvalue weighted by molar-refractivity contribution is 0.557. The molecule has 1 aromatic carbocycles. The minimum absolute atomic E-state index is 0.544. The minimum atomic E-state index is 0.544. The largest absolute Gasteiger partial charge is 0.306 e. The van der Waals surface area contributed by atoms with Crippen LogP contribution in [0.3, 0.4) is 0 Å². The molecule has 1 unspecified atom stereocenters. The Hall–Kier alpha value is -1.08. The maximum atomic E-state index is 3.91. The zero-order valence-corrected chi connectivity index (χ0v) is 8.72. The molecule has 1 aromatic rings. The van der Waals surface area contributed by atoms with Crippen molar-refractivity contribution in [3.05, 3.63) is 47.5 Å². The molecule has 0 fully saturated rings. The van der Waals surface area contributed by atoms with E-state index in [1.807, 2.05) is 0 Å². The molecule has 1 heteroatoms. The first-order valence-corrected chi connectivity index (χ1v) is 5.23. The molecule has 1 aliphatic carbocycles. The van der Waals surface area contributed by atoms with Gasteiger partial charge in [0.05, 0.1) is 0 Å². The molecule has 2 rings (SSSR count). The van der Waals surface area contributed by atoms with Crippen molar-refractivity contribution in [2.45, 2.75) is 25.8 Å². The standard InChI is InChI=1S/C13H17N/c1-10(2)9-14-13-8-7-11-5-3-4-6-12(11)13/h3-6,13-14H,1,7-9H2,2H3. The van der Waals surface area contributed by atoms with Crippen molar-refractivity contribution in [3.8, 4) is 0 Å². The van der Waals surface area contributed by atoms with E-state index in [9.17, 15) is 0 Å². The van der Waals surface area contributed by atoms with Gasteiger partial charge in [0.2, 0.25) is 0 Å². The topological polar surface area (TPSA) is 12.0 Å². The van der Waals surface area contributed by atoms with Crippen LogP contribution in [0, 0.1) is 0 Å². The Balaban J connectivity index is 2.07. The third-order valence-corrected chi connectivity index (χ3v) is 2.78. The van der Waals surface area contributed by atoms with Crippen molar-refractivity contribution in [2.75, 3.05) is 6.54 Å². The van der Waals surface area contributed by atoms with Crippen LogP contribution in [-0.2, 0) is 6.42 Å². The average Bonchev–Trinajstić information content (AvgIpc) is 2.58. The highest BCUT2D eigenvalue weighted by Gasteiger charge is 2.20. The van der Waals surface area contributed by atoms with Gasteiger partial charge in [-0.05, 0) is 30.9 Å². The van der Waals surface area contributed by atoms with E-state index in [0.29, 0.717) is 6.04 Å². The van der Waals surface area contributed by atoms with Gasteiger partial charge in [-0.25, -0.2) is 0 Å². The van der Waals surface area contributed by atoms with Crippen molar-refractivity contribution in [1.82, 2.24) is 5.32 Å². The number of benzene rings is 1. The molecule has 14 heavy (non-hydrogen) atoms. The van der Waals surface area contributed by atoms with Gasteiger partial charge in [0, 0.05) is 12.6 Å². The first kappa shape index (κ1) is 9.47. The number of hydrogen-bond acceptors (Lipinski definition) is 1. The second-order valence-corrected chi connectivity index (χ2v) is 4.13.